The summed E-state index contributed by atoms with van der Waals surface area (Å²) in [6, 6.07) is 48.5. The summed E-state index contributed by atoms with van der Waals surface area (Å²) < 4.78 is 0. The molecule has 0 N–H and O–H groups in total. The molecule has 3 aliphatic rings. The molecule has 3 aliphatic carbocycles. The summed E-state index contributed by atoms with van der Waals surface area (Å²) in [5.74, 6) is 0. The van der Waals surface area contributed by atoms with Gasteiger partial charge in [0, 0.05) is 27.8 Å². The molecule has 0 heterocycles. The smallest absolute Gasteiger partial charge is 0.0543 e. The molecule has 0 spiro atoms. The summed E-state index contributed by atoms with van der Waals surface area (Å²) in [7, 11) is 0. The van der Waals surface area contributed by atoms with Gasteiger partial charge in [-0.2, -0.15) is 0 Å². The molecule has 0 radical (unpaired) electrons. The fraction of sp³-hybridized carbons (Fsp3) is 0.280. The zero-order valence-corrected chi connectivity index (χ0v) is 31.5. The fourth-order valence-electron chi connectivity index (χ4n) is 9.93. The normalized spacial score (nSPS) is 17.9. The molecule has 1 heteroatoms. The van der Waals surface area contributed by atoms with Crippen molar-refractivity contribution < 1.29 is 0 Å². The number of rotatable bonds is 4. The minimum absolute atomic E-state index is 0.0514. The summed E-state index contributed by atoms with van der Waals surface area (Å²) in [4.78, 5) is 2.55. The van der Waals surface area contributed by atoms with E-state index in [-0.39, 0.29) is 21.7 Å². The van der Waals surface area contributed by atoms with Crippen LogP contribution in [0.5, 0.6) is 0 Å². The number of fused-ring (bicyclic) bond motifs is 7. The molecule has 0 fully saturated rings. The largest absolute Gasteiger partial charge is 0.310 e. The van der Waals surface area contributed by atoms with Crippen molar-refractivity contribution in [1.29, 1.82) is 0 Å². The van der Waals surface area contributed by atoms with E-state index < -0.39 is 0 Å². The van der Waals surface area contributed by atoms with Gasteiger partial charge in [-0.1, -0.05) is 146 Å². The second-order valence-corrected chi connectivity index (χ2v) is 17.7. The number of hydrogen-bond acceptors (Lipinski definition) is 1. The van der Waals surface area contributed by atoms with Gasteiger partial charge in [-0.3, -0.25) is 0 Å². The first-order valence-corrected chi connectivity index (χ1v) is 18.8. The van der Waals surface area contributed by atoms with Crippen molar-refractivity contribution in [3.63, 3.8) is 0 Å². The quantitative estimate of drug-likeness (QED) is 0.181. The van der Waals surface area contributed by atoms with Gasteiger partial charge in [0.05, 0.1) is 5.69 Å². The molecule has 0 saturated heterocycles. The zero-order valence-electron chi connectivity index (χ0n) is 31.5. The summed E-state index contributed by atoms with van der Waals surface area (Å²) >= 11 is 0. The van der Waals surface area contributed by atoms with Crippen LogP contribution in [0.1, 0.15) is 102 Å². The SMILES string of the molecule is CC1(C)CCC(C)(C)c2c(-c3cc4c(cc3N(c3ccccc3)c3ccc5c(c3)C(C)(C)c3ccccc3-5)C(C)(C)c3ccccc3-4)cccc21. The Hall–Kier alpha value is -4.88. The van der Waals surface area contributed by atoms with Gasteiger partial charge in [0.25, 0.3) is 0 Å². The lowest BCUT2D eigenvalue weighted by Crippen LogP contribution is -2.34. The molecule has 0 aliphatic heterocycles. The molecule has 1 nitrogen and oxygen atoms in total. The molecular formula is C50H49N. The predicted octanol–water partition coefficient (Wildman–Crippen LogP) is 13.8. The van der Waals surface area contributed by atoms with Crippen LogP contribution in [0.2, 0.25) is 0 Å². The summed E-state index contributed by atoms with van der Waals surface area (Å²) in [5.41, 5.74) is 20.2. The maximum Gasteiger partial charge on any atom is 0.0543 e. The van der Waals surface area contributed by atoms with Crippen molar-refractivity contribution in [2.24, 2.45) is 0 Å². The fourth-order valence-corrected chi connectivity index (χ4v) is 9.93. The Morgan fingerprint density at radius 2 is 0.902 bits per heavy atom. The third-order valence-corrected chi connectivity index (χ3v) is 12.9. The highest BCUT2D eigenvalue weighted by Gasteiger charge is 2.42. The number of para-hydroxylation sites is 1. The Kier molecular flexibility index (Phi) is 6.80. The lowest BCUT2D eigenvalue weighted by atomic mass is 9.61. The van der Waals surface area contributed by atoms with Crippen LogP contribution in [0.3, 0.4) is 0 Å². The molecule has 0 amide bonds. The second kappa shape index (κ2) is 10.8. The van der Waals surface area contributed by atoms with Gasteiger partial charge in [0.2, 0.25) is 0 Å². The van der Waals surface area contributed by atoms with Crippen LogP contribution in [0, 0.1) is 0 Å². The van der Waals surface area contributed by atoms with E-state index in [1.807, 2.05) is 0 Å². The molecule has 0 bridgehead atoms. The van der Waals surface area contributed by atoms with Gasteiger partial charge in [0.1, 0.15) is 0 Å². The number of benzene rings is 6. The topological polar surface area (TPSA) is 3.24 Å². The maximum atomic E-state index is 2.55. The van der Waals surface area contributed by atoms with E-state index in [1.165, 1.54) is 96.7 Å². The Morgan fingerprint density at radius 1 is 0.373 bits per heavy atom. The van der Waals surface area contributed by atoms with Crippen LogP contribution >= 0.6 is 0 Å². The van der Waals surface area contributed by atoms with E-state index >= 15 is 0 Å². The van der Waals surface area contributed by atoms with Gasteiger partial charge in [-0.15, -0.1) is 0 Å². The molecule has 0 aromatic heterocycles. The Morgan fingerprint density at radius 3 is 1.59 bits per heavy atom. The van der Waals surface area contributed by atoms with Gasteiger partial charge >= 0.3 is 0 Å². The van der Waals surface area contributed by atoms with Crippen LogP contribution in [-0.2, 0) is 21.7 Å². The van der Waals surface area contributed by atoms with Gasteiger partial charge < -0.3 is 4.90 Å². The molecule has 0 unspecified atom stereocenters. The number of nitrogens with zero attached hydrogens (tertiary/aromatic N) is 1. The minimum Gasteiger partial charge on any atom is -0.310 e. The Balaban J connectivity index is 1.37. The van der Waals surface area contributed by atoms with Crippen LogP contribution in [0.4, 0.5) is 17.1 Å². The molecule has 9 rings (SSSR count). The van der Waals surface area contributed by atoms with Crippen LogP contribution in [0.15, 0.2) is 127 Å². The van der Waals surface area contributed by atoms with Crippen molar-refractivity contribution in [1.82, 2.24) is 0 Å². The van der Waals surface area contributed by atoms with Crippen molar-refractivity contribution >= 4 is 17.1 Å². The molecule has 51 heavy (non-hydrogen) atoms. The lowest BCUT2D eigenvalue weighted by Gasteiger charge is -2.43. The van der Waals surface area contributed by atoms with Crippen LogP contribution in [0.25, 0.3) is 33.4 Å². The van der Waals surface area contributed by atoms with E-state index in [0.717, 1.165) is 0 Å². The molecule has 0 saturated carbocycles. The van der Waals surface area contributed by atoms with Crippen molar-refractivity contribution in [3.05, 3.63) is 161 Å². The Labute approximate surface area is 305 Å². The van der Waals surface area contributed by atoms with Crippen LogP contribution < -0.4 is 4.90 Å². The first-order valence-electron chi connectivity index (χ1n) is 18.8. The van der Waals surface area contributed by atoms with Crippen molar-refractivity contribution in [2.75, 3.05) is 4.90 Å². The monoisotopic (exact) mass is 663 g/mol. The molecule has 6 aromatic carbocycles. The minimum atomic E-state index is -0.124. The van der Waals surface area contributed by atoms with E-state index in [1.54, 1.807) is 0 Å². The summed E-state index contributed by atoms with van der Waals surface area (Å²) in [6.07, 6.45) is 2.36. The highest BCUT2D eigenvalue weighted by Crippen LogP contribution is 2.57. The van der Waals surface area contributed by atoms with Crippen molar-refractivity contribution in [2.45, 2.75) is 89.9 Å². The third-order valence-electron chi connectivity index (χ3n) is 12.9. The van der Waals surface area contributed by atoms with E-state index in [2.05, 4.69) is 188 Å². The molecule has 6 aromatic rings. The van der Waals surface area contributed by atoms with Crippen molar-refractivity contribution in [3.8, 4) is 33.4 Å². The standard InChI is InChI=1S/C50H49N/c1-47(2)27-28-48(3,4)46-37(21-16-24-42(46)47)39-30-38-35-20-13-15-23-41(35)50(7,8)44(38)31-45(39)51(32-17-10-9-11-18-32)33-25-26-36-34-19-12-14-22-40(34)49(5,6)43(36)29-33/h9-26,29-31H,27-28H2,1-8H3. The third kappa shape index (κ3) is 4.60. The number of anilines is 3. The van der Waals surface area contributed by atoms with E-state index in [4.69, 9.17) is 0 Å². The van der Waals surface area contributed by atoms with E-state index in [0.29, 0.717) is 0 Å². The highest BCUT2D eigenvalue weighted by atomic mass is 15.1. The Bertz CT molecular complexity index is 2370. The molecule has 0 atom stereocenters. The first-order chi connectivity index (χ1) is 24.3. The van der Waals surface area contributed by atoms with Gasteiger partial charge in [-0.05, 0) is 121 Å². The summed E-state index contributed by atoms with van der Waals surface area (Å²) in [5, 5.41) is 0. The van der Waals surface area contributed by atoms with Gasteiger partial charge in [-0.25, -0.2) is 0 Å². The first kappa shape index (κ1) is 32.1. The average Bonchev–Trinajstić information content (AvgIpc) is 3.49. The number of hydrogen-bond donors (Lipinski definition) is 0. The zero-order chi connectivity index (χ0) is 35.5. The van der Waals surface area contributed by atoms with Crippen LogP contribution in [-0.4, -0.2) is 0 Å². The molecule has 254 valence electrons. The van der Waals surface area contributed by atoms with Gasteiger partial charge in [0.15, 0.2) is 0 Å². The molecular weight excluding hydrogens is 615 g/mol. The predicted molar refractivity (Wildman–Crippen MR) is 217 cm³/mol. The summed E-state index contributed by atoms with van der Waals surface area (Å²) in [6.45, 7) is 19.4. The lowest BCUT2D eigenvalue weighted by molar-refractivity contribution is 0.333. The second-order valence-electron chi connectivity index (χ2n) is 17.7. The average molecular weight is 664 g/mol. The highest BCUT2D eigenvalue weighted by molar-refractivity contribution is 5.96. The van der Waals surface area contributed by atoms with E-state index in [9.17, 15) is 0 Å². The maximum absolute atomic E-state index is 2.55.